The number of thiazole rings is 1. The number of nitrogens with zero attached hydrogens (tertiary/aromatic N) is 2. The molecule has 0 spiro atoms. The normalized spacial score (nSPS) is 16.2. The molecule has 1 atom stereocenters. The zero-order valence-electron chi connectivity index (χ0n) is 18.1. The summed E-state index contributed by atoms with van der Waals surface area (Å²) < 4.78 is 11.6. The monoisotopic (exact) mass is 544 g/mol. The van der Waals surface area contributed by atoms with Gasteiger partial charge in [0, 0.05) is 43.2 Å². The highest BCUT2D eigenvalue weighted by Crippen LogP contribution is 2.23. The molecule has 6 nitrogen and oxygen atoms in total. The van der Waals surface area contributed by atoms with Crippen molar-refractivity contribution in [2.75, 3.05) is 26.8 Å². The third kappa shape index (κ3) is 8.03. The summed E-state index contributed by atoms with van der Waals surface area (Å²) in [7, 11) is 1.80. The number of halogens is 1. The van der Waals surface area contributed by atoms with Crippen LogP contribution in [0, 0.1) is 13.8 Å². The Morgan fingerprint density at radius 2 is 2.17 bits per heavy atom. The highest BCUT2D eigenvalue weighted by atomic mass is 127. The van der Waals surface area contributed by atoms with E-state index in [9.17, 15) is 0 Å². The number of ether oxygens (including phenoxy) is 2. The van der Waals surface area contributed by atoms with E-state index in [1.165, 1.54) is 10.6 Å². The topological polar surface area (TPSA) is 67.8 Å². The standard InChI is InChI=1S/C22H32N4O2S.HI/c1-16-7-8-18(20(12-16)28-19-9-11-27-14-19)13-25-22(23-3)24-10-5-4-6-21-26-17(2)15-29-21;/h7-8,12,15,19H,4-6,9-11,13-14H2,1-3H3,(H2,23,24,25);1H. The third-order valence-electron chi connectivity index (χ3n) is 4.85. The average Bonchev–Trinajstić information content (AvgIpc) is 3.37. The third-order valence-corrected chi connectivity index (χ3v) is 5.88. The lowest BCUT2D eigenvalue weighted by molar-refractivity contribution is 0.140. The van der Waals surface area contributed by atoms with Gasteiger partial charge in [0.15, 0.2) is 5.96 Å². The molecule has 0 radical (unpaired) electrons. The van der Waals surface area contributed by atoms with Gasteiger partial charge in [0.25, 0.3) is 0 Å². The Morgan fingerprint density at radius 1 is 1.30 bits per heavy atom. The summed E-state index contributed by atoms with van der Waals surface area (Å²) >= 11 is 1.75. The number of benzene rings is 1. The minimum absolute atomic E-state index is 0. The molecular formula is C22H33IN4O2S. The van der Waals surface area contributed by atoms with Crippen molar-refractivity contribution in [2.24, 2.45) is 4.99 Å². The second-order valence-corrected chi connectivity index (χ2v) is 8.35. The summed E-state index contributed by atoms with van der Waals surface area (Å²) in [4.78, 5) is 8.85. The Hall–Kier alpha value is -1.39. The van der Waals surface area contributed by atoms with Crippen molar-refractivity contribution in [1.29, 1.82) is 0 Å². The minimum Gasteiger partial charge on any atom is -0.488 e. The lowest BCUT2D eigenvalue weighted by Crippen LogP contribution is -2.37. The van der Waals surface area contributed by atoms with Gasteiger partial charge in [-0.25, -0.2) is 4.98 Å². The van der Waals surface area contributed by atoms with Crippen LogP contribution in [0.3, 0.4) is 0 Å². The summed E-state index contributed by atoms with van der Waals surface area (Å²) in [6.45, 7) is 7.14. The maximum Gasteiger partial charge on any atom is 0.191 e. The van der Waals surface area contributed by atoms with E-state index in [1.54, 1.807) is 18.4 Å². The van der Waals surface area contributed by atoms with E-state index in [1.807, 2.05) is 6.92 Å². The second-order valence-electron chi connectivity index (χ2n) is 7.41. The summed E-state index contributed by atoms with van der Waals surface area (Å²) in [6.07, 6.45) is 4.34. The van der Waals surface area contributed by atoms with Crippen LogP contribution in [-0.2, 0) is 17.7 Å². The molecule has 0 bridgehead atoms. The molecule has 1 aromatic heterocycles. The van der Waals surface area contributed by atoms with Crippen LogP contribution in [0.15, 0.2) is 28.6 Å². The quantitative estimate of drug-likeness (QED) is 0.214. The van der Waals surface area contributed by atoms with Crippen molar-refractivity contribution in [3.05, 3.63) is 45.4 Å². The van der Waals surface area contributed by atoms with Gasteiger partial charge in [0.05, 0.1) is 18.2 Å². The predicted octanol–water partition coefficient (Wildman–Crippen LogP) is 4.23. The number of nitrogens with one attached hydrogen (secondary N) is 2. The Balaban J connectivity index is 0.00000320. The molecule has 0 saturated carbocycles. The van der Waals surface area contributed by atoms with Gasteiger partial charge in [0.1, 0.15) is 11.9 Å². The number of hydrogen-bond acceptors (Lipinski definition) is 5. The minimum atomic E-state index is 0. The summed E-state index contributed by atoms with van der Waals surface area (Å²) in [5, 5.41) is 10.1. The summed E-state index contributed by atoms with van der Waals surface area (Å²) in [6, 6.07) is 6.34. The molecule has 30 heavy (non-hydrogen) atoms. The van der Waals surface area contributed by atoms with Crippen LogP contribution in [0.1, 0.15) is 41.1 Å². The number of aliphatic imine (C=N–C) groups is 1. The van der Waals surface area contributed by atoms with Gasteiger partial charge in [-0.05, 0) is 44.7 Å². The maximum absolute atomic E-state index is 6.18. The van der Waals surface area contributed by atoms with Crippen molar-refractivity contribution in [1.82, 2.24) is 15.6 Å². The molecule has 2 heterocycles. The molecule has 1 aliphatic heterocycles. The van der Waals surface area contributed by atoms with Crippen LogP contribution in [0.5, 0.6) is 5.75 Å². The number of hydrogen-bond donors (Lipinski definition) is 2. The van der Waals surface area contributed by atoms with Crippen molar-refractivity contribution in [3.8, 4) is 5.75 Å². The first kappa shape index (κ1) is 24.9. The molecule has 8 heteroatoms. The van der Waals surface area contributed by atoms with E-state index in [2.05, 4.69) is 51.1 Å². The fourth-order valence-corrected chi connectivity index (χ4v) is 4.05. The highest BCUT2D eigenvalue weighted by Gasteiger charge is 2.18. The smallest absolute Gasteiger partial charge is 0.191 e. The van der Waals surface area contributed by atoms with Crippen LogP contribution in [0.4, 0.5) is 0 Å². The molecule has 0 aliphatic carbocycles. The van der Waals surface area contributed by atoms with Crippen molar-refractivity contribution in [2.45, 2.75) is 52.2 Å². The Labute approximate surface area is 200 Å². The second kappa shape index (κ2) is 13.1. The zero-order chi connectivity index (χ0) is 20.5. The van der Waals surface area contributed by atoms with Crippen molar-refractivity contribution < 1.29 is 9.47 Å². The molecule has 1 unspecified atom stereocenters. The van der Waals surface area contributed by atoms with Gasteiger partial charge in [-0.2, -0.15) is 0 Å². The summed E-state index contributed by atoms with van der Waals surface area (Å²) in [5.41, 5.74) is 3.44. The molecule has 1 aromatic carbocycles. The lowest BCUT2D eigenvalue weighted by Gasteiger charge is -2.18. The van der Waals surface area contributed by atoms with E-state index in [0.717, 1.165) is 61.8 Å². The molecule has 2 aromatic rings. The predicted molar refractivity (Wildman–Crippen MR) is 134 cm³/mol. The van der Waals surface area contributed by atoms with Gasteiger partial charge in [-0.1, -0.05) is 12.1 Å². The van der Waals surface area contributed by atoms with Crippen molar-refractivity contribution in [3.63, 3.8) is 0 Å². The van der Waals surface area contributed by atoms with Gasteiger partial charge in [-0.3, -0.25) is 4.99 Å². The average molecular weight is 545 g/mol. The molecular weight excluding hydrogens is 511 g/mol. The van der Waals surface area contributed by atoms with Crippen molar-refractivity contribution >= 4 is 41.3 Å². The summed E-state index contributed by atoms with van der Waals surface area (Å²) in [5.74, 6) is 1.74. The Morgan fingerprint density at radius 3 is 2.87 bits per heavy atom. The number of unbranched alkanes of at least 4 members (excludes halogenated alkanes) is 1. The van der Waals surface area contributed by atoms with Gasteiger partial charge < -0.3 is 20.1 Å². The lowest BCUT2D eigenvalue weighted by atomic mass is 10.1. The fourth-order valence-electron chi connectivity index (χ4n) is 3.23. The van der Waals surface area contributed by atoms with Crippen LogP contribution in [-0.4, -0.2) is 43.9 Å². The van der Waals surface area contributed by atoms with Gasteiger partial charge >= 0.3 is 0 Å². The van der Waals surface area contributed by atoms with E-state index in [-0.39, 0.29) is 30.1 Å². The molecule has 1 saturated heterocycles. The molecule has 1 fully saturated rings. The fraction of sp³-hybridized carbons (Fsp3) is 0.545. The zero-order valence-corrected chi connectivity index (χ0v) is 21.2. The van der Waals surface area contributed by atoms with E-state index < -0.39 is 0 Å². The van der Waals surface area contributed by atoms with E-state index in [0.29, 0.717) is 13.2 Å². The first-order valence-electron chi connectivity index (χ1n) is 10.3. The molecule has 3 rings (SSSR count). The molecule has 2 N–H and O–H groups in total. The van der Waals surface area contributed by atoms with Crippen LogP contribution in [0.25, 0.3) is 0 Å². The number of guanidine groups is 1. The number of rotatable bonds is 9. The maximum atomic E-state index is 6.18. The van der Waals surface area contributed by atoms with E-state index >= 15 is 0 Å². The molecule has 166 valence electrons. The highest BCUT2D eigenvalue weighted by molar-refractivity contribution is 14.0. The largest absolute Gasteiger partial charge is 0.488 e. The molecule has 1 aliphatic rings. The number of aromatic nitrogens is 1. The Bertz CT molecular complexity index is 806. The van der Waals surface area contributed by atoms with Gasteiger partial charge in [0.2, 0.25) is 0 Å². The van der Waals surface area contributed by atoms with Crippen LogP contribution >= 0.6 is 35.3 Å². The first-order valence-corrected chi connectivity index (χ1v) is 11.2. The Kier molecular flexibility index (Phi) is 10.9. The number of aryl methyl sites for hydroxylation is 3. The van der Waals surface area contributed by atoms with Crippen LogP contribution in [0.2, 0.25) is 0 Å². The SMILES string of the molecule is CN=C(NCCCCc1nc(C)cs1)NCc1ccc(C)cc1OC1CCOC1.I. The molecule has 0 amide bonds. The first-order chi connectivity index (χ1) is 14.1. The van der Waals surface area contributed by atoms with Crippen LogP contribution < -0.4 is 15.4 Å². The van der Waals surface area contributed by atoms with E-state index in [4.69, 9.17) is 9.47 Å². The van der Waals surface area contributed by atoms with Gasteiger partial charge in [-0.15, -0.1) is 35.3 Å².